The Balaban J connectivity index is 1.99. The maximum absolute atomic E-state index is 10.8. The van der Waals surface area contributed by atoms with Crippen LogP contribution in [0, 0.1) is 5.92 Å². The van der Waals surface area contributed by atoms with Gasteiger partial charge in [-0.3, -0.25) is 4.79 Å². The van der Waals surface area contributed by atoms with Crippen LogP contribution in [0.5, 0.6) is 11.5 Å². The van der Waals surface area contributed by atoms with Crippen LogP contribution in [-0.2, 0) is 17.6 Å². The molecule has 1 aromatic rings. The third kappa shape index (κ3) is 1.99. The van der Waals surface area contributed by atoms with E-state index in [0.717, 1.165) is 24.2 Å². The van der Waals surface area contributed by atoms with Crippen LogP contribution in [0.3, 0.4) is 0 Å². The summed E-state index contributed by atoms with van der Waals surface area (Å²) in [5.74, 6) is -0.0975. The molecule has 2 aliphatic heterocycles. The van der Waals surface area contributed by atoms with E-state index in [2.05, 4.69) is 4.90 Å². The van der Waals surface area contributed by atoms with Crippen LogP contribution in [-0.4, -0.2) is 36.4 Å². The number of likely N-dealkylation sites (N-methyl/N-ethyl adjacent to an activating group) is 1. The molecule has 2 aliphatic rings. The lowest BCUT2D eigenvalue weighted by Gasteiger charge is -2.27. The van der Waals surface area contributed by atoms with Gasteiger partial charge < -0.3 is 19.8 Å². The molecule has 3 rings (SSSR count). The molecule has 5 nitrogen and oxygen atoms in total. The smallest absolute Gasteiger partial charge is 0.303 e. The molecule has 0 amide bonds. The van der Waals surface area contributed by atoms with Crippen molar-refractivity contribution in [2.75, 3.05) is 25.1 Å². The Labute approximate surface area is 111 Å². The van der Waals surface area contributed by atoms with Crippen molar-refractivity contribution in [1.82, 2.24) is 0 Å². The van der Waals surface area contributed by atoms with Crippen LogP contribution >= 0.6 is 0 Å². The number of aromatic hydroxyl groups is 1. The number of anilines is 1. The highest BCUT2D eigenvalue weighted by Gasteiger charge is 2.31. The molecule has 0 aliphatic carbocycles. The number of carbonyl (C=O) groups is 1. The SMILES string of the molecule is CN1CCc2c1cc(O)c1c2CC(CC(=O)O)CO1. The summed E-state index contributed by atoms with van der Waals surface area (Å²) < 4.78 is 5.60. The second-order valence-corrected chi connectivity index (χ2v) is 5.35. The summed E-state index contributed by atoms with van der Waals surface area (Å²) >= 11 is 0. The molecule has 102 valence electrons. The van der Waals surface area contributed by atoms with Crippen molar-refractivity contribution >= 4 is 11.7 Å². The monoisotopic (exact) mass is 263 g/mol. The number of hydrogen-bond acceptors (Lipinski definition) is 4. The highest BCUT2D eigenvalue weighted by atomic mass is 16.5. The van der Waals surface area contributed by atoms with E-state index >= 15 is 0 Å². The highest BCUT2D eigenvalue weighted by Crippen LogP contribution is 2.45. The van der Waals surface area contributed by atoms with Gasteiger partial charge in [0.05, 0.1) is 13.0 Å². The Morgan fingerprint density at radius 3 is 3.05 bits per heavy atom. The average Bonchev–Trinajstić information content (AvgIpc) is 2.71. The van der Waals surface area contributed by atoms with Gasteiger partial charge in [-0.05, 0) is 18.4 Å². The first kappa shape index (κ1) is 12.1. The molecule has 1 unspecified atom stereocenters. The molecular formula is C14H17NO4. The molecule has 0 fully saturated rings. The van der Waals surface area contributed by atoms with Crippen molar-refractivity contribution in [2.45, 2.75) is 19.3 Å². The van der Waals surface area contributed by atoms with Gasteiger partial charge in [0.2, 0.25) is 0 Å². The topological polar surface area (TPSA) is 70.0 Å². The molecule has 0 saturated carbocycles. The van der Waals surface area contributed by atoms with Gasteiger partial charge >= 0.3 is 5.97 Å². The van der Waals surface area contributed by atoms with E-state index < -0.39 is 5.97 Å². The summed E-state index contributed by atoms with van der Waals surface area (Å²) in [7, 11) is 2.00. The Kier molecular flexibility index (Phi) is 2.77. The second-order valence-electron chi connectivity index (χ2n) is 5.35. The van der Waals surface area contributed by atoms with Crippen molar-refractivity contribution in [3.8, 4) is 11.5 Å². The molecule has 1 atom stereocenters. The number of fused-ring (bicyclic) bond motifs is 3. The fourth-order valence-electron chi connectivity index (χ4n) is 3.05. The van der Waals surface area contributed by atoms with Crippen LogP contribution in [0.15, 0.2) is 6.07 Å². The molecular weight excluding hydrogens is 246 g/mol. The largest absolute Gasteiger partial charge is 0.504 e. The molecule has 19 heavy (non-hydrogen) atoms. The summed E-state index contributed by atoms with van der Waals surface area (Å²) in [6.07, 6.45) is 1.71. The second kappa shape index (κ2) is 4.33. The van der Waals surface area contributed by atoms with Gasteiger partial charge in [-0.1, -0.05) is 0 Å². The number of nitrogens with zero attached hydrogens (tertiary/aromatic N) is 1. The number of aliphatic carboxylic acids is 1. The summed E-state index contributed by atoms with van der Waals surface area (Å²) in [6.45, 7) is 1.29. The number of phenols is 1. The summed E-state index contributed by atoms with van der Waals surface area (Å²) in [6, 6.07) is 1.75. The van der Waals surface area contributed by atoms with Gasteiger partial charge in [0.1, 0.15) is 0 Å². The van der Waals surface area contributed by atoms with E-state index in [-0.39, 0.29) is 18.1 Å². The average molecular weight is 263 g/mol. The quantitative estimate of drug-likeness (QED) is 0.844. The molecule has 0 spiro atoms. The minimum absolute atomic E-state index is 0.0122. The molecule has 2 N–H and O–H groups in total. The minimum atomic E-state index is -0.800. The number of benzene rings is 1. The molecule has 0 bridgehead atoms. The van der Waals surface area contributed by atoms with Crippen molar-refractivity contribution in [1.29, 1.82) is 0 Å². The molecule has 0 radical (unpaired) electrons. The van der Waals surface area contributed by atoms with E-state index in [0.29, 0.717) is 18.8 Å². The lowest BCUT2D eigenvalue weighted by molar-refractivity contribution is -0.138. The molecule has 0 aromatic heterocycles. The normalized spacial score (nSPS) is 20.7. The number of phenolic OH excluding ortho intramolecular Hbond substituents is 1. The molecule has 1 aromatic carbocycles. The maximum Gasteiger partial charge on any atom is 0.303 e. The summed E-state index contributed by atoms with van der Waals surface area (Å²) in [5.41, 5.74) is 3.23. The van der Waals surface area contributed by atoms with Crippen LogP contribution in [0.2, 0.25) is 0 Å². The van der Waals surface area contributed by atoms with Gasteiger partial charge in [0, 0.05) is 36.8 Å². The summed E-state index contributed by atoms with van der Waals surface area (Å²) in [5, 5.41) is 18.9. The first-order chi connectivity index (χ1) is 9.06. The third-order valence-corrected chi connectivity index (χ3v) is 3.98. The van der Waals surface area contributed by atoms with Crippen LogP contribution < -0.4 is 9.64 Å². The van der Waals surface area contributed by atoms with Crippen molar-refractivity contribution in [3.63, 3.8) is 0 Å². The number of rotatable bonds is 2. The first-order valence-electron chi connectivity index (χ1n) is 6.49. The summed E-state index contributed by atoms with van der Waals surface area (Å²) in [4.78, 5) is 12.9. The van der Waals surface area contributed by atoms with E-state index in [1.807, 2.05) is 7.05 Å². The highest BCUT2D eigenvalue weighted by molar-refractivity contribution is 5.70. The fraction of sp³-hybridized carbons (Fsp3) is 0.500. The number of ether oxygens (including phenoxy) is 1. The standard InChI is InChI=1S/C14H17NO4/c1-15-3-2-9-10-4-8(5-13(17)18)7-19-14(10)12(16)6-11(9)15/h6,8,16H,2-5,7H2,1H3,(H,17,18). The van der Waals surface area contributed by atoms with Gasteiger partial charge in [0.15, 0.2) is 11.5 Å². The van der Waals surface area contributed by atoms with E-state index in [1.54, 1.807) is 6.07 Å². The zero-order valence-electron chi connectivity index (χ0n) is 10.8. The molecule has 0 saturated heterocycles. The number of carboxylic acid groups (broad SMARTS) is 1. The van der Waals surface area contributed by atoms with Crippen LogP contribution in [0.1, 0.15) is 17.5 Å². The first-order valence-corrected chi connectivity index (χ1v) is 6.49. The molecule has 2 heterocycles. The Morgan fingerprint density at radius 1 is 1.53 bits per heavy atom. The van der Waals surface area contributed by atoms with E-state index in [1.165, 1.54) is 5.56 Å². The predicted molar refractivity (Wildman–Crippen MR) is 70.0 cm³/mol. The van der Waals surface area contributed by atoms with Gasteiger partial charge in [0.25, 0.3) is 0 Å². The number of hydrogen-bond donors (Lipinski definition) is 2. The Hall–Kier alpha value is -1.91. The van der Waals surface area contributed by atoms with Gasteiger partial charge in [-0.25, -0.2) is 0 Å². The lowest BCUT2D eigenvalue weighted by atomic mass is 9.89. The van der Waals surface area contributed by atoms with Crippen molar-refractivity contribution < 1.29 is 19.7 Å². The van der Waals surface area contributed by atoms with Crippen molar-refractivity contribution in [3.05, 3.63) is 17.2 Å². The zero-order valence-corrected chi connectivity index (χ0v) is 10.8. The van der Waals surface area contributed by atoms with Gasteiger partial charge in [-0.15, -0.1) is 0 Å². The Morgan fingerprint density at radius 2 is 2.32 bits per heavy atom. The van der Waals surface area contributed by atoms with E-state index in [4.69, 9.17) is 9.84 Å². The van der Waals surface area contributed by atoms with Crippen LogP contribution in [0.4, 0.5) is 5.69 Å². The zero-order chi connectivity index (χ0) is 13.6. The van der Waals surface area contributed by atoms with Crippen molar-refractivity contribution in [2.24, 2.45) is 5.92 Å². The minimum Gasteiger partial charge on any atom is -0.504 e. The fourth-order valence-corrected chi connectivity index (χ4v) is 3.05. The third-order valence-electron chi connectivity index (χ3n) is 3.98. The molecule has 5 heteroatoms. The van der Waals surface area contributed by atoms with Crippen LogP contribution in [0.25, 0.3) is 0 Å². The van der Waals surface area contributed by atoms with Gasteiger partial charge in [-0.2, -0.15) is 0 Å². The Bertz CT molecular complexity index is 541. The number of carboxylic acids is 1. The predicted octanol–water partition coefficient (Wildman–Crippen LogP) is 1.41. The lowest BCUT2D eigenvalue weighted by Crippen LogP contribution is -2.24. The van der Waals surface area contributed by atoms with E-state index in [9.17, 15) is 9.90 Å². The maximum atomic E-state index is 10.8.